The highest BCUT2D eigenvalue weighted by Crippen LogP contribution is 2.23. The summed E-state index contributed by atoms with van der Waals surface area (Å²) in [6.45, 7) is 2.41. The summed E-state index contributed by atoms with van der Waals surface area (Å²) in [5.74, 6) is 1.22. The van der Waals surface area contributed by atoms with Gasteiger partial charge < -0.3 is 4.74 Å². The third-order valence-electron chi connectivity index (χ3n) is 3.08. The van der Waals surface area contributed by atoms with Crippen LogP contribution in [0.2, 0.25) is 0 Å². The fraction of sp³-hybridized carbons (Fsp3) is 0.250. The summed E-state index contributed by atoms with van der Waals surface area (Å²) in [5, 5.41) is 0. The molecular weight excluding hydrogens is 259 g/mol. The Hall–Kier alpha value is -1.48. The van der Waals surface area contributed by atoms with E-state index in [-0.39, 0.29) is 11.7 Å². The van der Waals surface area contributed by atoms with Crippen LogP contribution in [0, 0.1) is 12.7 Å². The number of aryl methyl sites for hydroxylation is 1. The minimum absolute atomic E-state index is 0.201. The molecule has 100 valence electrons. The standard InChI is InChI=1S/C16H17FOS/c1-12-7-8-15(17)9-16(12)18-10-14(11-19)13-5-3-2-4-6-13/h2-9,14,19H,10-11H2,1H3. The molecule has 0 amide bonds. The van der Waals surface area contributed by atoms with Crippen LogP contribution in [0.25, 0.3) is 0 Å². The highest BCUT2D eigenvalue weighted by Gasteiger charge is 2.11. The summed E-state index contributed by atoms with van der Waals surface area (Å²) in [4.78, 5) is 0. The predicted molar refractivity (Wildman–Crippen MR) is 79.7 cm³/mol. The Morgan fingerprint density at radius 2 is 1.89 bits per heavy atom. The maximum atomic E-state index is 13.2. The van der Waals surface area contributed by atoms with Gasteiger partial charge in [-0.05, 0) is 24.1 Å². The van der Waals surface area contributed by atoms with Crippen LogP contribution in [-0.2, 0) is 0 Å². The number of thiol groups is 1. The Bertz CT molecular complexity index is 528. The average molecular weight is 276 g/mol. The van der Waals surface area contributed by atoms with E-state index in [1.54, 1.807) is 6.07 Å². The van der Waals surface area contributed by atoms with Crippen molar-refractivity contribution in [3.05, 3.63) is 65.5 Å². The van der Waals surface area contributed by atoms with Gasteiger partial charge in [0.15, 0.2) is 0 Å². The van der Waals surface area contributed by atoms with Gasteiger partial charge in [0.1, 0.15) is 11.6 Å². The predicted octanol–water partition coefficient (Wildman–Crippen LogP) is 4.23. The molecule has 2 rings (SSSR count). The Balaban J connectivity index is 2.06. The van der Waals surface area contributed by atoms with Gasteiger partial charge in [-0.1, -0.05) is 36.4 Å². The smallest absolute Gasteiger partial charge is 0.126 e. The second-order valence-electron chi connectivity index (χ2n) is 4.51. The van der Waals surface area contributed by atoms with Crippen LogP contribution in [0.1, 0.15) is 17.0 Å². The van der Waals surface area contributed by atoms with Crippen molar-refractivity contribution in [2.45, 2.75) is 12.8 Å². The van der Waals surface area contributed by atoms with Gasteiger partial charge in [-0.25, -0.2) is 4.39 Å². The zero-order valence-electron chi connectivity index (χ0n) is 10.8. The van der Waals surface area contributed by atoms with E-state index in [1.165, 1.54) is 17.7 Å². The van der Waals surface area contributed by atoms with Crippen LogP contribution < -0.4 is 4.74 Å². The number of hydrogen-bond acceptors (Lipinski definition) is 2. The third kappa shape index (κ3) is 3.74. The van der Waals surface area contributed by atoms with Gasteiger partial charge in [0.2, 0.25) is 0 Å². The minimum Gasteiger partial charge on any atom is -0.493 e. The largest absolute Gasteiger partial charge is 0.493 e. The first-order valence-electron chi connectivity index (χ1n) is 6.25. The lowest BCUT2D eigenvalue weighted by Gasteiger charge is -2.17. The van der Waals surface area contributed by atoms with Crippen molar-refractivity contribution in [2.75, 3.05) is 12.4 Å². The summed E-state index contributed by atoms with van der Waals surface area (Å²) in [7, 11) is 0. The van der Waals surface area contributed by atoms with Crippen LogP contribution in [0.3, 0.4) is 0 Å². The molecular formula is C16H17FOS. The first-order valence-corrected chi connectivity index (χ1v) is 6.88. The van der Waals surface area contributed by atoms with E-state index in [0.29, 0.717) is 18.1 Å². The Kier molecular flexibility index (Phi) is 4.86. The summed E-state index contributed by atoms with van der Waals surface area (Å²) in [6.07, 6.45) is 0. The van der Waals surface area contributed by atoms with Gasteiger partial charge in [0, 0.05) is 17.7 Å². The molecule has 1 atom stereocenters. The summed E-state index contributed by atoms with van der Waals surface area (Å²) in [6, 6.07) is 14.7. The monoisotopic (exact) mass is 276 g/mol. The first-order chi connectivity index (χ1) is 9.20. The van der Waals surface area contributed by atoms with E-state index < -0.39 is 0 Å². The van der Waals surface area contributed by atoms with E-state index in [2.05, 4.69) is 24.8 Å². The lowest BCUT2D eigenvalue weighted by Crippen LogP contribution is -2.12. The van der Waals surface area contributed by atoms with E-state index >= 15 is 0 Å². The van der Waals surface area contributed by atoms with E-state index in [9.17, 15) is 4.39 Å². The molecule has 0 spiro atoms. The van der Waals surface area contributed by atoms with E-state index in [4.69, 9.17) is 4.74 Å². The van der Waals surface area contributed by atoms with E-state index in [0.717, 1.165) is 5.56 Å². The van der Waals surface area contributed by atoms with Crippen LogP contribution >= 0.6 is 12.6 Å². The normalized spacial score (nSPS) is 12.2. The van der Waals surface area contributed by atoms with Gasteiger partial charge >= 0.3 is 0 Å². The molecule has 0 heterocycles. The average Bonchev–Trinajstić information content (AvgIpc) is 2.44. The molecule has 0 saturated carbocycles. The second-order valence-corrected chi connectivity index (χ2v) is 4.88. The van der Waals surface area contributed by atoms with Crippen molar-refractivity contribution in [2.24, 2.45) is 0 Å². The molecule has 0 N–H and O–H groups in total. The fourth-order valence-electron chi connectivity index (χ4n) is 1.90. The van der Waals surface area contributed by atoms with Crippen LogP contribution in [0.4, 0.5) is 4.39 Å². The SMILES string of the molecule is Cc1ccc(F)cc1OCC(CS)c1ccccc1. The van der Waals surface area contributed by atoms with Gasteiger partial charge in [0.05, 0.1) is 6.61 Å². The Morgan fingerprint density at radius 3 is 2.58 bits per heavy atom. The summed E-state index contributed by atoms with van der Waals surface area (Å²) >= 11 is 4.37. The zero-order valence-corrected chi connectivity index (χ0v) is 11.7. The highest BCUT2D eigenvalue weighted by molar-refractivity contribution is 7.80. The molecule has 0 aliphatic heterocycles. The molecule has 0 aliphatic carbocycles. The van der Waals surface area contributed by atoms with Crippen molar-refractivity contribution in [3.8, 4) is 5.75 Å². The molecule has 2 aromatic rings. The van der Waals surface area contributed by atoms with E-state index in [1.807, 2.05) is 25.1 Å². The van der Waals surface area contributed by atoms with Gasteiger partial charge in [-0.2, -0.15) is 12.6 Å². The number of rotatable bonds is 5. The lowest BCUT2D eigenvalue weighted by molar-refractivity contribution is 0.294. The maximum Gasteiger partial charge on any atom is 0.126 e. The number of hydrogen-bond donors (Lipinski definition) is 1. The zero-order chi connectivity index (χ0) is 13.7. The van der Waals surface area contributed by atoms with Crippen LogP contribution in [-0.4, -0.2) is 12.4 Å². The molecule has 19 heavy (non-hydrogen) atoms. The molecule has 0 saturated heterocycles. The van der Waals surface area contributed by atoms with Gasteiger partial charge in [0.25, 0.3) is 0 Å². The fourth-order valence-corrected chi connectivity index (χ4v) is 2.22. The van der Waals surface area contributed by atoms with Crippen molar-refractivity contribution in [3.63, 3.8) is 0 Å². The lowest BCUT2D eigenvalue weighted by atomic mass is 10.0. The van der Waals surface area contributed by atoms with Crippen molar-refractivity contribution in [1.82, 2.24) is 0 Å². The molecule has 0 bridgehead atoms. The quantitative estimate of drug-likeness (QED) is 0.804. The topological polar surface area (TPSA) is 9.23 Å². The van der Waals surface area contributed by atoms with Crippen molar-refractivity contribution in [1.29, 1.82) is 0 Å². The molecule has 1 unspecified atom stereocenters. The van der Waals surface area contributed by atoms with Crippen molar-refractivity contribution >= 4 is 12.6 Å². The number of ether oxygens (including phenoxy) is 1. The van der Waals surface area contributed by atoms with Crippen molar-refractivity contribution < 1.29 is 9.13 Å². The van der Waals surface area contributed by atoms with Crippen LogP contribution in [0.5, 0.6) is 5.75 Å². The maximum absolute atomic E-state index is 13.2. The molecule has 0 fully saturated rings. The molecule has 3 heteroatoms. The third-order valence-corrected chi connectivity index (χ3v) is 3.52. The summed E-state index contributed by atoms with van der Waals surface area (Å²) < 4.78 is 18.9. The first kappa shape index (κ1) is 13.9. The molecule has 0 aromatic heterocycles. The molecule has 2 aromatic carbocycles. The Morgan fingerprint density at radius 1 is 1.16 bits per heavy atom. The second kappa shape index (κ2) is 6.62. The minimum atomic E-state index is -0.275. The Labute approximate surface area is 118 Å². The number of benzene rings is 2. The van der Waals surface area contributed by atoms with Gasteiger partial charge in [-0.3, -0.25) is 0 Å². The summed E-state index contributed by atoms with van der Waals surface area (Å²) in [5.41, 5.74) is 2.12. The van der Waals surface area contributed by atoms with Crippen LogP contribution in [0.15, 0.2) is 48.5 Å². The number of halogens is 1. The molecule has 0 aliphatic rings. The van der Waals surface area contributed by atoms with Gasteiger partial charge in [-0.15, -0.1) is 0 Å². The molecule has 1 nitrogen and oxygen atoms in total. The molecule has 0 radical (unpaired) electrons. The highest BCUT2D eigenvalue weighted by atomic mass is 32.1.